The predicted octanol–water partition coefficient (Wildman–Crippen LogP) is 8.92. The van der Waals surface area contributed by atoms with Crippen molar-refractivity contribution in [2.24, 2.45) is 0 Å². The largest absolute Gasteiger partial charge is 0.0987 e. The van der Waals surface area contributed by atoms with Gasteiger partial charge in [0, 0.05) is 0 Å². The first-order valence-corrected chi connectivity index (χ1v) is 11.9. The Balaban J connectivity index is 1.93. The lowest BCUT2D eigenvalue weighted by Gasteiger charge is -2.33. The summed E-state index contributed by atoms with van der Waals surface area (Å²) >= 11 is 0. The van der Waals surface area contributed by atoms with Gasteiger partial charge in [-0.3, -0.25) is 0 Å². The first kappa shape index (κ1) is 21.2. The highest BCUT2D eigenvalue weighted by Crippen LogP contribution is 2.62. The fraction of sp³-hybridized carbons (Fsp3) is 0.152. The highest BCUT2D eigenvalue weighted by atomic mass is 14.5. The van der Waals surface area contributed by atoms with Crippen LogP contribution in [0.4, 0.5) is 0 Å². The summed E-state index contributed by atoms with van der Waals surface area (Å²) in [5, 5.41) is 0. The average Bonchev–Trinajstić information content (AvgIpc) is 3.32. The molecule has 0 amide bonds. The van der Waals surface area contributed by atoms with Crippen molar-refractivity contribution in [3.63, 3.8) is 0 Å². The van der Waals surface area contributed by atoms with Crippen molar-refractivity contribution in [1.82, 2.24) is 0 Å². The Labute approximate surface area is 198 Å². The van der Waals surface area contributed by atoms with E-state index in [4.69, 9.17) is 0 Å². The standard InChI is InChI=1S/C33H30/c1-5-9-18-30-26(7-3)27-17-13-14-19-31(27)33(30)29(8-4)25(6-2)28-21-20-24(22-32(28)33)23-15-11-10-12-16-23/h6,8-22H,2,4-5,7H2,1,3H3/b18-9-. The molecule has 0 heterocycles. The smallest absolute Gasteiger partial charge is 0.0722 e. The maximum atomic E-state index is 4.31. The average molecular weight is 427 g/mol. The minimum absolute atomic E-state index is 0.362. The van der Waals surface area contributed by atoms with Gasteiger partial charge >= 0.3 is 0 Å². The third-order valence-corrected chi connectivity index (χ3v) is 7.18. The molecule has 0 fully saturated rings. The Bertz CT molecular complexity index is 1340. The lowest BCUT2D eigenvalue weighted by Crippen LogP contribution is -2.27. The van der Waals surface area contributed by atoms with E-state index < -0.39 is 0 Å². The maximum Gasteiger partial charge on any atom is 0.0722 e. The Kier molecular flexibility index (Phi) is 5.38. The maximum absolute atomic E-state index is 4.31. The molecule has 1 spiro atoms. The molecule has 162 valence electrons. The predicted molar refractivity (Wildman–Crippen MR) is 143 cm³/mol. The summed E-state index contributed by atoms with van der Waals surface area (Å²) in [6.45, 7) is 13.0. The second-order valence-electron chi connectivity index (χ2n) is 8.71. The summed E-state index contributed by atoms with van der Waals surface area (Å²) in [6.07, 6.45) is 10.7. The minimum atomic E-state index is -0.362. The van der Waals surface area contributed by atoms with E-state index in [-0.39, 0.29) is 5.41 Å². The fourth-order valence-electron chi connectivity index (χ4n) is 5.89. The first-order valence-electron chi connectivity index (χ1n) is 11.9. The third kappa shape index (κ3) is 2.91. The van der Waals surface area contributed by atoms with E-state index in [0.29, 0.717) is 0 Å². The third-order valence-electron chi connectivity index (χ3n) is 7.18. The topological polar surface area (TPSA) is 0 Å². The van der Waals surface area contributed by atoms with Gasteiger partial charge in [-0.15, -0.1) is 0 Å². The first-order chi connectivity index (χ1) is 16.2. The van der Waals surface area contributed by atoms with Crippen molar-refractivity contribution in [3.05, 3.63) is 144 Å². The van der Waals surface area contributed by atoms with Crippen LogP contribution < -0.4 is 0 Å². The number of fused-ring (bicyclic) bond motifs is 4. The van der Waals surface area contributed by atoms with Gasteiger partial charge in [-0.1, -0.05) is 118 Å². The molecule has 0 aromatic heterocycles. The molecule has 0 saturated heterocycles. The van der Waals surface area contributed by atoms with Crippen LogP contribution in [0, 0.1) is 0 Å². The highest BCUT2D eigenvalue weighted by Gasteiger charge is 2.51. The molecule has 0 heteroatoms. The van der Waals surface area contributed by atoms with Gasteiger partial charge in [0.05, 0.1) is 5.41 Å². The van der Waals surface area contributed by atoms with E-state index in [1.165, 1.54) is 55.7 Å². The molecule has 0 nitrogen and oxygen atoms in total. The van der Waals surface area contributed by atoms with Crippen LogP contribution in [0.3, 0.4) is 0 Å². The molecule has 0 bridgehead atoms. The molecule has 5 rings (SSSR count). The van der Waals surface area contributed by atoms with E-state index >= 15 is 0 Å². The van der Waals surface area contributed by atoms with E-state index in [1.54, 1.807) is 0 Å². The van der Waals surface area contributed by atoms with Crippen LogP contribution >= 0.6 is 0 Å². The van der Waals surface area contributed by atoms with Gasteiger partial charge in [-0.05, 0) is 74.6 Å². The van der Waals surface area contributed by atoms with Crippen LogP contribution in [-0.2, 0) is 5.41 Å². The van der Waals surface area contributed by atoms with Crippen LogP contribution in [0.2, 0.25) is 0 Å². The van der Waals surface area contributed by atoms with E-state index in [0.717, 1.165) is 12.8 Å². The zero-order valence-electron chi connectivity index (χ0n) is 19.6. The van der Waals surface area contributed by atoms with E-state index in [2.05, 4.69) is 118 Å². The number of rotatable bonds is 6. The van der Waals surface area contributed by atoms with Gasteiger partial charge in [0.25, 0.3) is 0 Å². The fourth-order valence-corrected chi connectivity index (χ4v) is 5.89. The molecule has 2 aliphatic carbocycles. The summed E-state index contributed by atoms with van der Waals surface area (Å²) < 4.78 is 0. The second-order valence-corrected chi connectivity index (χ2v) is 8.71. The van der Waals surface area contributed by atoms with Crippen molar-refractivity contribution in [2.75, 3.05) is 0 Å². The van der Waals surface area contributed by atoms with Crippen LogP contribution in [0.1, 0.15) is 48.9 Å². The van der Waals surface area contributed by atoms with Crippen LogP contribution in [0.5, 0.6) is 0 Å². The van der Waals surface area contributed by atoms with Gasteiger partial charge in [-0.25, -0.2) is 0 Å². The lowest BCUT2D eigenvalue weighted by atomic mass is 9.68. The molecular weight excluding hydrogens is 396 g/mol. The molecular formula is C33H30. The van der Waals surface area contributed by atoms with Crippen molar-refractivity contribution in [3.8, 4) is 11.1 Å². The van der Waals surface area contributed by atoms with Gasteiger partial charge in [0.2, 0.25) is 0 Å². The molecule has 0 saturated carbocycles. The molecule has 2 aliphatic rings. The molecule has 1 atom stereocenters. The monoisotopic (exact) mass is 426 g/mol. The summed E-state index contributed by atoms with van der Waals surface area (Å²) in [5.74, 6) is 0. The van der Waals surface area contributed by atoms with Crippen molar-refractivity contribution in [1.29, 1.82) is 0 Å². The SMILES string of the molecule is C=CC1=C(C=C)C2(C(/C=C\CC)=C(CC)c3ccccc32)c2cc(-c3ccccc3)ccc21. The van der Waals surface area contributed by atoms with Crippen molar-refractivity contribution in [2.45, 2.75) is 32.1 Å². The van der Waals surface area contributed by atoms with Gasteiger partial charge in [0.15, 0.2) is 0 Å². The Morgan fingerprint density at radius 3 is 2.18 bits per heavy atom. The molecule has 0 radical (unpaired) electrons. The zero-order valence-corrected chi connectivity index (χ0v) is 19.6. The molecule has 1 unspecified atom stereocenters. The Hall–Kier alpha value is -3.64. The van der Waals surface area contributed by atoms with E-state index in [1.807, 2.05) is 6.08 Å². The Morgan fingerprint density at radius 1 is 0.727 bits per heavy atom. The lowest BCUT2D eigenvalue weighted by molar-refractivity contribution is 0.777. The quantitative estimate of drug-likeness (QED) is 0.369. The normalized spacial score (nSPS) is 18.8. The summed E-state index contributed by atoms with van der Waals surface area (Å²) in [4.78, 5) is 0. The summed E-state index contributed by atoms with van der Waals surface area (Å²) in [5.41, 5.74) is 12.7. The number of hydrogen-bond acceptors (Lipinski definition) is 0. The van der Waals surface area contributed by atoms with Gasteiger partial charge < -0.3 is 0 Å². The number of benzene rings is 3. The van der Waals surface area contributed by atoms with Crippen LogP contribution in [0.15, 0.2) is 121 Å². The van der Waals surface area contributed by atoms with Crippen LogP contribution in [0.25, 0.3) is 22.3 Å². The van der Waals surface area contributed by atoms with E-state index in [9.17, 15) is 0 Å². The Morgan fingerprint density at radius 2 is 1.48 bits per heavy atom. The minimum Gasteiger partial charge on any atom is -0.0987 e. The number of hydrogen-bond donors (Lipinski definition) is 0. The molecule has 33 heavy (non-hydrogen) atoms. The molecule has 3 aromatic rings. The van der Waals surface area contributed by atoms with Gasteiger partial charge in [-0.2, -0.15) is 0 Å². The van der Waals surface area contributed by atoms with Crippen molar-refractivity contribution < 1.29 is 0 Å². The molecule has 3 aromatic carbocycles. The van der Waals surface area contributed by atoms with Crippen molar-refractivity contribution >= 4 is 11.1 Å². The molecule has 0 N–H and O–H groups in total. The highest BCUT2D eigenvalue weighted by molar-refractivity contribution is 5.98. The molecule has 0 aliphatic heterocycles. The van der Waals surface area contributed by atoms with Crippen LogP contribution in [-0.4, -0.2) is 0 Å². The number of allylic oxidation sites excluding steroid dienone is 8. The zero-order chi connectivity index (χ0) is 23.0. The second kappa shape index (κ2) is 8.37. The summed E-state index contributed by atoms with van der Waals surface area (Å²) in [7, 11) is 0. The summed E-state index contributed by atoms with van der Waals surface area (Å²) in [6, 6.07) is 26.5. The van der Waals surface area contributed by atoms with Gasteiger partial charge in [0.1, 0.15) is 0 Å².